The molecule has 3 fully saturated rings. The summed E-state index contributed by atoms with van der Waals surface area (Å²) in [7, 11) is 1.53. The molecule has 27 heavy (non-hydrogen) atoms. The van der Waals surface area contributed by atoms with Crippen LogP contribution in [0.4, 0.5) is 0 Å². The first-order valence-electron chi connectivity index (χ1n) is 9.38. The number of carbonyl (C=O) groups is 1. The quantitative estimate of drug-likeness (QED) is 0.870. The first-order valence-corrected chi connectivity index (χ1v) is 9.38. The van der Waals surface area contributed by atoms with E-state index < -0.39 is 11.2 Å². The fourth-order valence-corrected chi connectivity index (χ4v) is 4.24. The molecular formula is C20H24N4O3. The van der Waals surface area contributed by atoms with Gasteiger partial charge in [0.2, 0.25) is 0 Å². The Morgan fingerprint density at radius 1 is 1.11 bits per heavy atom. The second-order valence-electron chi connectivity index (χ2n) is 7.64. The number of aryl methyl sites for hydroxylation is 1. The lowest BCUT2D eigenvalue weighted by Gasteiger charge is -2.36. The van der Waals surface area contributed by atoms with E-state index in [2.05, 4.69) is 22.0 Å². The number of benzene rings is 1. The van der Waals surface area contributed by atoms with E-state index >= 15 is 0 Å². The molecule has 7 nitrogen and oxygen atoms in total. The lowest BCUT2D eigenvalue weighted by atomic mass is 9.94. The number of hydrogen-bond acceptors (Lipinski definition) is 4. The van der Waals surface area contributed by atoms with Crippen molar-refractivity contribution in [2.24, 2.45) is 13.0 Å². The van der Waals surface area contributed by atoms with Gasteiger partial charge in [0.1, 0.15) is 5.56 Å². The number of aromatic nitrogens is 2. The number of nitrogens with zero attached hydrogens (tertiary/aromatic N) is 3. The third-order valence-electron chi connectivity index (χ3n) is 5.68. The Morgan fingerprint density at radius 2 is 1.89 bits per heavy atom. The zero-order valence-corrected chi connectivity index (χ0v) is 15.4. The average Bonchev–Trinajstić information content (AvgIpc) is 2.97. The van der Waals surface area contributed by atoms with E-state index in [9.17, 15) is 14.4 Å². The molecule has 1 amide bonds. The van der Waals surface area contributed by atoms with E-state index in [1.165, 1.54) is 23.4 Å². The highest BCUT2D eigenvalue weighted by Crippen LogP contribution is 2.29. The zero-order chi connectivity index (χ0) is 19.0. The molecule has 5 rings (SSSR count). The van der Waals surface area contributed by atoms with Gasteiger partial charge in [0.25, 0.3) is 11.5 Å². The van der Waals surface area contributed by atoms with Crippen LogP contribution in [0, 0.1) is 5.92 Å². The monoisotopic (exact) mass is 368 g/mol. The number of amides is 1. The molecule has 3 aliphatic rings. The largest absolute Gasteiger partial charge is 0.337 e. The summed E-state index contributed by atoms with van der Waals surface area (Å²) in [6.07, 6.45) is 3.51. The van der Waals surface area contributed by atoms with Gasteiger partial charge in [0.05, 0.1) is 0 Å². The van der Waals surface area contributed by atoms with Gasteiger partial charge in [-0.3, -0.25) is 19.5 Å². The van der Waals surface area contributed by atoms with Crippen LogP contribution in [0.25, 0.3) is 0 Å². The number of hydrogen-bond donors (Lipinski definition) is 1. The van der Waals surface area contributed by atoms with Crippen molar-refractivity contribution in [3.63, 3.8) is 0 Å². The predicted molar refractivity (Wildman–Crippen MR) is 102 cm³/mol. The van der Waals surface area contributed by atoms with Gasteiger partial charge in [-0.05, 0) is 24.3 Å². The molecule has 1 N–H and O–H groups in total. The maximum atomic E-state index is 13.0. The van der Waals surface area contributed by atoms with Crippen LogP contribution in [0.5, 0.6) is 0 Å². The summed E-state index contributed by atoms with van der Waals surface area (Å²) < 4.78 is 1.24. The van der Waals surface area contributed by atoms with Crippen molar-refractivity contribution in [3.8, 4) is 0 Å². The molecule has 0 spiro atoms. The maximum absolute atomic E-state index is 13.0. The molecule has 3 saturated heterocycles. The van der Waals surface area contributed by atoms with Crippen LogP contribution >= 0.6 is 0 Å². The molecule has 2 aromatic rings. The minimum Gasteiger partial charge on any atom is -0.337 e. The predicted octanol–water partition coefficient (Wildman–Crippen LogP) is 0.810. The van der Waals surface area contributed by atoms with Crippen LogP contribution in [0.3, 0.4) is 0 Å². The average molecular weight is 368 g/mol. The molecule has 0 unspecified atom stereocenters. The fourth-order valence-electron chi connectivity index (χ4n) is 4.24. The van der Waals surface area contributed by atoms with Crippen molar-refractivity contribution in [1.29, 1.82) is 0 Å². The van der Waals surface area contributed by atoms with Gasteiger partial charge in [-0.15, -0.1) is 0 Å². The van der Waals surface area contributed by atoms with E-state index in [1.54, 1.807) is 4.90 Å². The van der Waals surface area contributed by atoms with Crippen LogP contribution in [-0.2, 0) is 13.6 Å². The van der Waals surface area contributed by atoms with E-state index in [0.717, 1.165) is 25.9 Å². The second-order valence-corrected chi connectivity index (χ2v) is 7.64. The van der Waals surface area contributed by atoms with E-state index in [0.29, 0.717) is 25.0 Å². The van der Waals surface area contributed by atoms with Crippen molar-refractivity contribution in [1.82, 2.24) is 19.4 Å². The molecule has 142 valence electrons. The number of rotatable bonds is 3. The molecule has 7 heteroatoms. The molecule has 0 radical (unpaired) electrons. The highest BCUT2D eigenvalue weighted by atomic mass is 16.2. The number of H-pyrrole nitrogens is 1. The van der Waals surface area contributed by atoms with E-state index in [4.69, 9.17) is 0 Å². The topological polar surface area (TPSA) is 78.4 Å². The van der Waals surface area contributed by atoms with Crippen molar-refractivity contribution in [2.75, 3.05) is 19.6 Å². The smallest absolute Gasteiger partial charge is 0.328 e. The van der Waals surface area contributed by atoms with E-state index in [-0.39, 0.29) is 11.5 Å². The number of carbonyl (C=O) groups excluding carboxylic acids is 1. The standard InChI is InChI=1S/C20H24N4O3/c1-22-13-17(18(25)21-20(22)27)19(26)24-11-15-7-8-16(12-24)23(10-15)9-14-5-3-2-4-6-14/h2-6,13,15-16H,7-12H2,1H3,(H,21,25,27)/t15-,16-/m1/s1. The molecule has 3 aliphatic heterocycles. The number of nitrogens with one attached hydrogen (secondary N) is 1. The van der Waals surface area contributed by atoms with Gasteiger partial charge >= 0.3 is 5.69 Å². The van der Waals surface area contributed by atoms with E-state index in [1.807, 2.05) is 18.2 Å². The maximum Gasteiger partial charge on any atom is 0.328 e. The van der Waals surface area contributed by atoms with Crippen molar-refractivity contribution in [3.05, 3.63) is 68.5 Å². The van der Waals surface area contributed by atoms with Crippen molar-refractivity contribution in [2.45, 2.75) is 25.4 Å². The minimum atomic E-state index is -0.610. The Morgan fingerprint density at radius 3 is 2.67 bits per heavy atom. The molecule has 4 heterocycles. The highest BCUT2D eigenvalue weighted by molar-refractivity contribution is 5.93. The lowest BCUT2D eigenvalue weighted by Crippen LogP contribution is -2.44. The van der Waals surface area contributed by atoms with Gasteiger partial charge in [-0.1, -0.05) is 30.3 Å². The van der Waals surface area contributed by atoms with Gasteiger partial charge in [0, 0.05) is 45.5 Å². The lowest BCUT2D eigenvalue weighted by molar-refractivity contribution is 0.0733. The number of aromatic amines is 1. The Bertz CT molecular complexity index is 950. The third-order valence-corrected chi connectivity index (χ3v) is 5.68. The normalized spacial score (nSPS) is 22.6. The molecule has 0 saturated carbocycles. The van der Waals surface area contributed by atoms with Gasteiger partial charge in [-0.2, -0.15) is 0 Å². The van der Waals surface area contributed by atoms with Gasteiger partial charge in [-0.25, -0.2) is 4.79 Å². The molecule has 1 aromatic carbocycles. The molecule has 2 bridgehead atoms. The summed E-state index contributed by atoms with van der Waals surface area (Å²) in [5.74, 6) is 0.119. The van der Waals surface area contributed by atoms with Crippen molar-refractivity contribution >= 4 is 5.91 Å². The molecule has 1 aromatic heterocycles. The SMILES string of the molecule is Cn1cc(C(=O)N2C[C@@H]3CC[C@H](C2)N(Cc2ccccc2)C3)c(=O)[nH]c1=O. The number of fused-ring (bicyclic) bond motifs is 4. The fraction of sp³-hybridized carbons (Fsp3) is 0.450. The summed E-state index contributed by atoms with van der Waals surface area (Å²) in [6, 6.07) is 10.7. The van der Waals surface area contributed by atoms with Crippen LogP contribution in [0.15, 0.2) is 46.1 Å². The molecule has 2 atom stereocenters. The summed E-state index contributed by atoms with van der Waals surface area (Å²) in [5, 5.41) is 0. The summed E-state index contributed by atoms with van der Waals surface area (Å²) in [6.45, 7) is 3.12. The highest BCUT2D eigenvalue weighted by Gasteiger charge is 2.37. The Balaban J connectivity index is 1.55. The van der Waals surface area contributed by atoms with Crippen LogP contribution in [-0.4, -0.2) is 50.9 Å². The second kappa shape index (κ2) is 7.15. The summed E-state index contributed by atoms with van der Waals surface area (Å²) >= 11 is 0. The molecule has 0 aliphatic carbocycles. The number of piperidine rings is 1. The van der Waals surface area contributed by atoms with Crippen LogP contribution < -0.4 is 11.2 Å². The minimum absolute atomic E-state index is 0.0352. The summed E-state index contributed by atoms with van der Waals surface area (Å²) in [5.41, 5.74) is 0.188. The van der Waals surface area contributed by atoms with Crippen LogP contribution in [0.2, 0.25) is 0 Å². The Kier molecular flexibility index (Phi) is 4.70. The first-order chi connectivity index (χ1) is 13.0. The molecular weight excluding hydrogens is 344 g/mol. The third kappa shape index (κ3) is 3.60. The zero-order valence-electron chi connectivity index (χ0n) is 15.4. The van der Waals surface area contributed by atoms with Gasteiger partial charge in [0.15, 0.2) is 0 Å². The van der Waals surface area contributed by atoms with Crippen LogP contribution in [0.1, 0.15) is 28.8 Å². The Labute approximate surface area is 157 Å². The Hall–Kier alpha value is -2.67. The van der Waals surface area contributed by atoms with Crippen molar-refractivity contribution < 1.29 is 4.79 Å². The van der Waals surface area contributed by atoms with Gasteiger partial charge < -0.3 is 9.47 Å². The summed E-state index contributed by atoms with van der Waals surface area (Å²) in [4.78, 5) is 43.1. The first kappa shape index (κ1) is 17.7.